The lowest BCUT2D eigenvalue weighted by Crippen LogP contribution is -2.13. The maximum Gasteiger partial charge on any atom is 0.412 e. The lowest BCUT2D eigenvalue weighted by Gasteiger charge is -2.09. The van der Waals surface area contributed by atoms with E-state index in [0.717, 1.165) is 20.4 Å². The predicted molar refractivity (Wildman–Crippen MR) is 140 cm³/mol. The lowest BCUT2D eigenvalue weighted by atomic mass is 10.1. The molecule has 4 N–H and O–H groups in total. The summed E-state index contributed by atoms with van der Waals surface area (Å²) in [7, 11) is 0. The van der Waals surface area contributed by atoms with Gasteiger partial charge in [0.05, 0.1) is 0 Å². The Labute approximate surface area is 230 Å². The number of hydrogen-bond acceptors (Lipinski definition) is 4. The van der Waals surface area contributed by atoms with Crippen molar-refractivity contribution >= 4 is 0 Å². The van der Waals surface area contributed by atoms with Crippen molar-refractivity contribution in [1.82, 2.24) is 21.3 Å². The Morgan fingerprint density at radius 1 is 0.525 bits per heavy atom. The van der Waals surface area contributed by atoms with Crippen molar-refractivity contribution in [2.45, 2.75) is 71.9 Å². The third-order valence-electron chi connectivity index (χ3n) is 6.79. The molecule has 0 amide bonds. The number of allylic oxidation sites excluding steroid dienone is 4. The molecule has 4 heterocycles. The molecule has 0 aliphatic carbocycles. The highest BCUT2D eigenvalue weighted by Gasteiger charge is 2.33. The maximum absolute atomic E-state index is 12.0. The van der Waals surface area contributed by atoms with E-state index in [1.807, 2.05) is 0 Å². The van der Waals surface area contributed by atoms with Crippen LogP contribution in [0.25, 0.3) is 0 Å². The SMILES string of the molecule is C/C(=C1/CCNC1)C(F)(F)F.C/C(=C1\CCNC1)C(F)(F)F.CC(C)=C1CCNC1.FC(F)(F)/C=C1\CCNC1. The monoisotopic (exact) mass is 592 g/mol. The largest absolute Gasteiger partial charge is 0.412 e. The van der Waals surface area contributed by atoms with Crippen LogP contribution in [0.4, 0.5) is 39.5 Å². The molecule has 4 rings (SSSR count). The molecular weight excluding hydrogens is 551 g/mol. The highest BCUT2D eigenvalue weighted by atomic mass is 19.4. The van der Waals surface area contributed by atoms with Crippen LogP contribution in [0, 0.1) is 0 Å². The van der Waals surface area contributed by atoms with Gasteiger partial charge >= 0.3 is 18.5 Å². The van der Waals surface area contributed by atoms with Gasteiger partial charge in [0, 0.05) is 43.4 Å². The quantitative estimate of drug-likeness (QED) is 0.192. The van der Waals surface area contributed by atoms with Gasteiger partial charge in [-0.2, -0.15) is 39.5 Å². The summed E-state index contributed by atoms with van der Waals surface area (Å²) in [6.45, 7) is 12.1. The van der Waals surface area contributed by atoms with E-state index in [2.05, 4.69) is 35.1 Å². The second kappa shape index (κ2) is 16.6. The minimum Gasteiger partial charge on any atom is -0.313 e. The van der Waals surface area contributed by atoms with Gasteiger partial charge in [0.15, 0.2) is 0 Å². The van der Waals surface area contributed by atoms with E-state index < -0.39 is 29.7 Å². The van der Waals surface area contributed by atoms with Gasteiger partial charge in [0.25, 0.3) is 0 Å². The fraction of sp³-hybridized carbons (Fsp3) is 0.704. The molecule has 0 aromatic carbocycles. The maximum atomic E-state index is 12.0. The highest BCUT2D eigenvalue weighted by Crippen LogP contribution is 2.30. The Balaban J connectivity index is 0.000000268. The molecule has 4 nitrogen and oxygen atoms in total. The molecular formula is C27H41F9N4. The van der Waals surface area contributed by atoms with Crippen LogP contribution in [0.15, 0.2) is 45.1 Å². The summed E-state index contributed by atoms with van der Waals surface area (Å²) in [6.07, 6.45) is -9.17. The van der Waals surface area contributed by atoms with E-state index in [0.29, 0.717) is 81.3 Å². The van der Waals surface area contributed by atoms with Gasteiger partial charge in [-0.15, -0.1) is 0 Å². The Kier molecular flexibility index (Phi) is 15.0. The molecule has 232 valence electrons. The van der Waals surface area contributed by atoms with E-state index in [9.17, 15) is 39.5 Å². The molecule has 0 unspecified atom stereocenters. The zero-order valence-corrected chi connectivity index (χ0v) is 23.5. The first-order valence-corrected chi connectivity index (χ1v) is 13.2. The summed E-state index contributed by atoms with van der Waals surface area (Å²) in [5.41, 5.74) is 3.69. The molecule has 40 heavy (non-hydrogen) atoms. The average Bonchev–Trinajstić information content (AvgIpc) is 3.64. The standard InChI is InChI=1S/2C7H10F3N.C7H13N.C6H8F3N/c2*1-5(7(8,9)10)6-2-3-11-4-6;1-6(2)7-3-4-8-5-7;7-6(8,9)3-5-1-2-10-4-5/h2*11H,2-4H2,1H3;8H,3-5H2,1-2H3;3,10H,1-2,4H2/b6-5+;6-5-;;5-3+. The van der Waals surface area contributed by atoms with Crippen LogP contribution in [-0.4, -0.2) is 70.9 Å². The van der Waals surface area contributed by atoms with Gasteiger partial charge in [-0.05, 0) is 90.7 Å². The van der Waals surface area contributed by atoms with Crippen molar-refractivity contribution in [3.8, 4) is 0 Å². The second-order valence-electron chi connectivity index (χ2n) is 10.1. The Morgan fingerprint density at radius 2 is 0.875 bits per heavy atom. The number of halogens is 9. The van der Waals surface area contributed by atoms with Gasteiger partial charge < -0.3 is 21.3 Å². The molecule has 4 fully saturated rings. The van der Waals surface area contributed by atoms with Gasteiger partial charge in [-0.1, -0.05) is 16.7 Å². The predicted octanol–water partition coefficient (Wildman–Crippen LogP) is 6.50. The zero-order chi connectivity index (χ0) is 30.6. The molecule has 13 heteroatoms. The fourth-order valence-electron chi connectivity index (χ4n) is 4.11. The van der Waals surface area contributed by atoms with Crippen molar-refractivity contribution in [2.75, 3.05) is 52.4 Å². The topological polar surface area (TPSA) is 48.1 Å². The molecule has 4 aliphatic rings. The lowest BCUT2D eigenvalue weighted by molar-refractivity contribution is -0.0930. The summed E-state index contributed by atoms with van der Waals surface area (Å²) >= 11 is 0. The molecule has 4 aliphatic heterocycles. The van der Waals surface area contributed by atoms with Crippen LogP contribution in [0.3, 0.4) is 0 Å². The molecule has 0 spiro atoms. The Hall–Kier alpha value is -1.83. The van der Waals surface area contributed by atoms with Crippen LogP contribution in [0.1, 0.15) is 53.4 Å². The van der Waals surface area contributed by atoms with Crippen molar-refractivity contribution in [3.63, 3.8) is 0 Å². The zero-order valence-electron chi connectivity index (χ0n) is 23.5. The van der Waals surface area contributed by atoms with Crippen LogP contribution in [0.5, 0.6) is 0 Å². The summed E-state index contributed by atoms with van der Waals surface area (Å²) < 4.78 is 107. The van der Waals surface area contributed by atoms with Gasteiger partial charge in [-0.25, -0.2) is 0 Å². The first-order valence-electron chi connectivity index (χ1n) is 13.2. The number of hydrogen-bond donors (Lipinski definition) is 4. The highest BCUT2D eigenvalue weighted by molar-refractivity contribution is 5.21. The van der Waals surface area contributed by atoms with Gasteiger partial charge in [0.1, 0.15) is 0 Å². The van der Waals surface area contributed by atoms with Crippen LogP contribution < -0.4 is 21.3 Å². The van der Waals surface area contributed by atoms with Crippen molar-refractivity contribution in [2.24, 2.45) is 0 Å². The Morgan fingerprint density at radius 3 is 1.10 bits per heavy atom. The van der Waals surface area contributed by atoms with Crippen LogP contribution in [-0.2, 0) is 0 Å². The first-order chi connectivity index (χ1) is 18.4. The molecule has 0 bridgehead atoms. The molecule has 4 saturated heterocycles. The normalized spacial score (nSPS) is 23.1. The number of alkyl halides is 9. The average molecular weight is 593 g/mol. The van der Waals surface area contributed by atoms with Crippen molar-refractivity contribution < 1.29 is 39.5 Å². The second-order valence-corrected chi connectivity index (χ2v) is 10.1. The molecule has 0 radical (unpaired) electrons. The van der Waals surface area contributed by atoms with E-state index >= 15 is 0 Å². The van der Waals surface area contributed by atoms with Crippen molar-refractivity contribution in [3.05, 3.63) is 45.1 Å². The summed E-state index contributed by atoms with van der Waals surface area (Å²) in [6, 6.07) is 0. The van der Waals surface area contributed by atoms with E-state index in [-0.39, 0.29) is 0 Å². The summed E-state index contributed by atoms with van der Waals surface area (Å²) in [5.74, 6) is 0. The minimum atomic E-state index is -4.14. The summed E-state index contributed by atoms with van der Waals surface area (Å²) in [5, 5.41) is 11.9. The van der Waals surface area contributed by atoms with Gasteiger partial charge in [-0.3, -0.25) is 0 Å². The third kappa shape index (κ3) is 14.7. The van der Waals surface area contributed by atoms with Crippen LogP contribution >= 0.6 is 0 Å². The van der Waals surface area contributed by atoms with Gasteiger partial charge in [0.2, 0.25) is 0 Å². The number of nitrogens with one attached hydrogen (secondary N) is 4. The van der Waals surface area contributed by atoms with E-state index in [4.69, 9.17) is 0 Å². The van der Waals surface area contributed by atoms with Crippen molar-refractivity contribution in [1.29, 1.82) is 0 Å². The van der Waals surface area contributed by atoms with E-state index in [1.165, 1.54) is 18.5 Å². The minimum absolute atomic E-state index is 0.382. The smallest absolute Gasteiger partial charge is 0.313 e. The fourth-order valence-corrected chi connectivity index (χ4v) is 4.11. The molecule has 0 aromatic heterocycles. The summed E-state index contributed by atoms with van der Waals surface area (Å²) in [4.78, 5) is 0. The first kappa shape index (κ1) is 36.2. The third-order valence-corrected chi connectivity index (χ3v) is 6.79. The molecule has 0 atom stereocenters. The Bertz CT molecular complexity index is 846. The molecule has 0 saturated carbocycles. The molecule has 0 aromatic rings. The van der Waals surface area contributed by atoms with Crippen LogP contribution in [0.2, 0.25) is 0 Å². The van der Waals surface area contributed by atoms with E-state index in [1.54, 1.807) is 5.57 Å². The number of rotatable bonds is 0.